The lowest BCUT2D eigenvalue weighted by Gasteiger charge is -2.18. The molecule has 3 aromatic rings. The fraction of sp³-hybridized carbons (Fsp3) is 0.294. The smallest absolute Gasteiger partial charge is 0.267 e. The molecule has 0 saturated carbocycles. The number of hydrogen-bond acceptors (Lipinski definition) is 4. The number of nitrogens with zero attached hydrogens (tertiary/aromatic N) is 4. The van der Waals surface area contributed by atoms with Crippen molar-refractivity contribution in [2.45, 2.75) is 33.2 Å². The molecule has 6 heteroatoms. The fourth-order valence-corrected chi connectivity index (χ4v) is 2.76. The standard InChI is InChI=1S/C17H17N5O/c1-4-11(3)22-14(19)12(9-18)8-13-16(22)20-15-10(2)6-5-7-21(15)17(13)23/h5-8,11,19H,4H2,1-3H3/t11-/m1/s1. The van der Waals surface area contributed by atoms with Crippen LogP contribution in [0.2, 0.25) is 0 Å². The number of aromatic nitrogens is 3. The summed E-state index contributed by atoms with van der Waals surface area (Å²) in [4.78, 5) is 17.5. The lowest BCUT2D eigenvalue weighted by atomic mass is 10.1. The second-order valence-corrected chi connectivity index (χ2v) is 5.68. The molecule has 0 spiro atoms. The molecule has 116 valence electrons. The number of hydrogen-bond donors (Lipinski definition) is 1. The van der Waals surface area contributed by atoms with Gasteiger partial charge in [0.15, 0.2) is 0 Å². The summed E-state index contributed by atoms with van der Waals surface area (Å²) in [7, 11) is 0. The molecule has 3 aromatic heterocycles. The van der Waals surface area contributed by atoms with E-state index in [9.17, 15) is 10.1 Å². The monoisotopic (exact) mass is 307 g/mol. The first-order valence-electron chi connectivity index (χ1n) is 7.51. The van der Waals surface area contributed by atoms with Crippen molar-refractivity contribution in [2.75, 3.05) is 0 Å². The van der Waals surface area contributed by atoms with Gasteiger partial charge in [0.25, 0.3) is 5.56 Å². The van der Waals surface area contributed by atoms with Gasteiger partial charge in [-0.15, -0.1) is 0 Å². The van der Waals surface area contributed by atoms with E-state index in [2.05, 4.69) is 4.98 Å². The Bertz CT molecular complexity index is 1080. The van der Waals surface area contributed by atoms with Crippen LogP contribution in [0.3, 0.4) is 0 Å². The van der Waals surface area contributed by atoms with Gasteiger partial charge >= 0.3 is 0 Å². The molecule has 0 aliphatic carbocycles. The number of nitrogens with one attached hydrogen (secondary N) is 1. The van der Waals surface area contributed by atoms with Gasteiger partial charge in [0.2, 0.25) is 0 Å². The summed E-state index contributed by atoms with van der Waals surface area (Å²) in [5, 5.41) is 17.9. The van der Waals surface area contributed by atoms with Gasteiger partial charge in [0.05, 0.1) is 10.9 Å². The minimum absolute atomic E-state index is 0.0309. The minimum Gasteiger partial charge on any atom is -0.307 e. The van der Waals surface area contributed by atoms with Crippen LogP contribution in [0.25, 0.3) is 16.7 Å². The SMILES string of the molecule is CC[C@@H](C)n1c(=N)c(C#N)cc2c(=O)n3cccc(C)c3nc21. The number of rotatable bonds is 2. The van der Waals surface area contributed by atoms with Crippen molar-refractivity contribution in [3.8, 4) is 6.07 Å². The van der Waals surface area contributed by atoms with E-state index in [1.165, 1.54) is 10.5 Å². The van der Waals surface area contributed by atoms with Crippen LogP contribution in [0.4, 0.5) is 0 Å². The second-order valence-electron chi connectivity index (χ2n) is 5.68. The highest BCUT2D eigenvalue weighted by Gasteiger charge is 2.16. The van der Waals surface area contributed by atoms with E-state index in [-0.39, 0.29) is 22.7 Å². The summed E-state index contributed by atoms with van der Waals surface area (Å²) in [6, 6.07) is 7.14. The molecule has 0 unspecified atom stereocenters. The van der Waals surface area contributed by atoms with Gasteiger partial charge in [-0.1, -0.05) is 13.0 Å². The molecule has 0 amide bonds. The Hall–Kier alpha value is -2.94. The van der Waals surface area contributed by atoms with Crippen molar-refractivity contribution in [3.05, 3.63) is 51.4 Å². The molecule has 0 radical (unpaired) electrons. The van der Waals surface area contributed by atoms with E-state index in [4.69, 9.17) is 5.41 Å². The Morgan fingerprint density at radius 2 is 2.17 bits per heavy atom. The zero-order valence-electron chi connectivity index (χ0n) is 13.3. The molecule has 0 aromatic carbocycles. The average molecular weight is 307 g/mol. The highest BCUT2D eigenvalue weighted by Crippen LogP contribution is 2.17. The Kier molecular flexibility index (Phi) is 3.49. The minimum atomic E-state index is -0.220. The number of aryl methyl sites for hydroxylation is 1. The van der Waals surface area contributed by atoms with Crippen molar-refractivity contribution in [2.24, 2.45) is 0 Å². The summed E-state index contributed by atoms with van der Waals surface area (Å²) in [5.41, 5.74) is 1.98. The first-order chi connectivity index (χ1) is 11.0. The summed E-state index contributed by atoms with van der Waals surface area (Å²) in [6.07, 6.45) is 2.45. The Labute approximate surface area is 132 Å². The fourth-order valence-electron chi connectivity index (χ4n) is 2.76. The van der Waals surface area contributed by atoms with Crippen LogP contribution in [-0.2, 0) is 0 Å². The van der Waals surface area contributed by atoms with E-state index in [1.807, 2.05) is 32.9 Å². The van der Waals surface area contributed by atoms with Crippen LogP contribution >= 0.6 is 0 Å². The molecule has 23 heavy (non-hydrogen) atoms. The van der Waals surface area contributed by atoms with Crippen molar-refractivity contribution in [1.82, 2.24) is 14.0 Å². The molecule has 0 saturated heterocycles. The molecule has 6 nitrogen and oxygen atoms in total. The maximum absolute atomic E-state index is 12.8. The zero-order valence-corrected chi connectivity index (χ0v) is 13.3. The molecule has 0 fully saturated rings. The molecular weight excluding hydrogens is 290 g/mol. The van der Waals surface area contributed by atoms with Crippen LogP contribution in [0.5, 0.6) is 0 Å². The van der Waals surface area contributed by atoms with Gasteiger partial charge in [-0.3, -0.25) is 14.6 Å². The maximum Gasteiger partial charge on any atom is 0.267 e. The normalized spacial score (nSPS) is 12.4. The maximum atomic E-state index is 12.8. The molecule has 0 bridgehead atoms. The van der Waals surface area contributed by atoms with Gasteiger partial charge < -0.3 is 4.57 Å². The van der Waals surface area contributed by atoms with Crippen LogP contribution in [0.1, 0.15) is 37.4 Å². The quantitative estimate of drug-likeness (QED) is 0.737. The molecule has 3 rings (SSSR count). The van der Waals surface area contributed by atoms with Gasteiger partial charge in [-0.05, 0) is 38.0 Å². The molecule has 0 aliphatic heterocycles. The van der Waals surface area contributed by atoms with E-state index >= 15 is 0 Å². The van der Waals surface area contributed by atoms with Gasteiger partial charge in [0, 0.05) is 12.2 Å². The van der Waals surface area contributed by atoms with Gasteiger partial charge in [-0.2, -0.15) is 5.26 Å². The first kappa shape index (κ1) is 15.0. The van der Waals surface area contributed by atoms with Crippen molar-refractivity contribution in [3.63, 3.8) is 0 Å². The number of pyridine rings is 2. The summed E-state index contributed by atoms with van der Waals surface area (Å²) < 4.78 is 3.17. The highest BCUT2D eigenvalue weighted by molar-refractivity contribution is 5.78. The average Bonchev–Trinajstić information content (AvgIpc) is 2.55. The predicted octanol–water partition coefficient (Wildman–Crippen LogP) is 2.28. The Morgan fingerprint density at radius 1 is 1.43 bits per heavy atom. The van der Waals surface area contributed by atoms with Crippen LogP contribution < -0.4 is 11.0 Å². The van der Waals surface area contributed by atoms with E-state index in [1.54, 1.807) is 16.8 Å². The summed E-state index contributed by atoms with van der Waals surface area (Å²) >= 11 is 0. The molecular formula is C17H17N5O. The van der Waals surface area contributed by atoms with E-state index < -0.39 is 0 Å². The molecule has 1 N–H and O–H groups in total. The first-order valence-corrected chi connectivity index (χ1v) is 7.51. The van der Waals surface area contributed by atoms with Crippen molar-refractivity contribution < 1.29 is 0 Å². The van der Waals surface area contributed by atoms with Crippen LogP contribution in [0, 0.1) is 23.7 Å². The summed E-state index contributed by atoms with van der Waals surface area (Å²) in [5.74, 6) is 0. The van der Waals surface area contributed by atoms with E-state index in [0.717, 1.165) is 12.0 Å². The lowest BCUT2D eigenvalue weighted by Crippen LogP contribution is -2.29. The Balaban J connectivity index is 2.64. The number of fused-ring (bicyclic) bond motifs is 2. The summed E-state index contributed by atoms with van der Waals surface area (Å²) in [6.45, 7) is 5.85. The van der Waals surface area contributed by atoms with Crippen molar-refractivity contribution >= 4 is 16.7 Å². The third kappa shape index (κ3) is 2.13. The number of nitriles is 1. The van der Waals surface area contributed by atoms with Gasteiger partial charge in [0.1, 0.15) is 22.9 Å². The van der Waals surface area contributed by atoms with Crippen LogP contribution in [0.15, 0.2) is 29.2 Å². The predicted molar refractivity (Wildman–Crippen MR) is 87.3 cm³/mol. The zero-order chi connectivity index (χ0) is 16.7. The largest absolute Gasteiger partial charge is 0.307 e. The van der Waals surface area contributed by atoms with Gasteiger partial charge in [-0.25, -0.2) is 4.98 Å². The molecule has 0 aliphatic rings. The van der Waals surface area contributed by atoms with E-state index in [0.29, 0.717) is 16.7 Å². The molecule has 1 atom stereocenters. The Morgan fingerprint density at radius 3 is 2.83 bits per heavy atom. The topological polar surface area (TPSA) is 86.9 Å². The third-order valence-corrected chi connectivity index (χ3v) is 4.23. The second kappa shape index (κ2) is 5.36. The highest BCUT2D eigenvalue weighted by atomic mass is 16.1. The van der Waals surface area contributed by atoms with Crippen LogP contribution in [-0.4, -0.2) is 14.0 Å². The molecule has 3 heterocycles. The third-order valence-electron chi connectivity index (χ3n) is 4.23. The van der Waals surface area contributed by atoms with Crippen molar-refractivity contribution in [1.29, 1.82) is 10.7 Å². The lowest BCUT2D eigenvalue weighted by molar-refractivity contribution is 0.517.